The molecule has 3 aromatic rings. The lowest BCUT2D eigenvalue weighted by molar-refractivity contribution is -0.126. The number of aromatic nitrogens is 2. The van der Waals surface area contributed by atoms with Gasteiger partial charge in [0.05, 0.1) is 12.2 Å². The Morgan fingerprint density at radius 3 is 2.55 bits per heavy atom. The molecular formula is C25H27N5O. The van der Waals surface area contributed by atoms with Gasteiger partial charge in [-0.1, -0.05) is 43.0 Å². The summed E-state index contributed by atoms with van der Waals surface area (Å²) in [6, 6.07) is 15.1. The largest absolute Gasteiger partial charge is 0.365 e. The predicted octanol–water partition coefficient (Wildman–Crippen LogP) is 3.34. The minimum absolute atomic E-state index is 0.00581. The van der Waals surface area contributed by atoms with Crippen molar-refractivity contribution >= 4 is 28.2 Å². The van der Waals surface area contributed by atoms with E-state index in [1.165, 1.54) is 28.1 Å². The van der Waals surface area contributed by atoms with Crippen molar-refractivity contribution in [2.75, 3.05) is 42.5 Å². The van der Waals surface area contributed by atoms with Gasteiger partial charge in [0.15, 0.2) is 0 Å². The third kappa shape index (κ3) is 3.63. The van der Waals surface area contributed by atoms with E-state index in [9.17, 15) is 4.79 Å². The van der Waals surface area contributed by atoms with Gasteiger partial charge in [-0.2, -0.15) is 0 Å². The topological polar surface area (TPSA) is 52.6 Å². The summed E-state index contributed by atoms with van der Waals surface area (Å²) in [4.78, 5) is 28.2. The molecule has 0 unspecified atom stereocenters. The number of carbonyl (C=O) groups is 1. The number of anilines is 2. The quantitative estimate of drug-likeness (QED) is 0.617. The molecule has 1 saturated heterocycles. The number of carbonyl (C=O) groups excluding carboxylic acids is 1. The van der Waals surface area contributed by atoms with Crippen LogP contribution in [0.15, 0.2) is 55.1 Å². The van der Waals surface area contributed by atoms with Gasteiger partial charge in [0.25, 0.3) is 0 Å². The Balaban J connectivity index is 1.42. The maximum atomic E-state index is 11.9. The average Bonchev–Trinajstić information content (AvgIpc) is 2.82. The standard InChI is InChI=1S/C25H27N5O/c1-3-24(31)28-13-15-29(16-14-28)25-21-11-12-30(17-22(21)26-18(2)27-25)23-10-6-8-19-7-4-5-9-20(19)23/h3-10H,1,11-17H2,2H3. The summed E-state index contributed by atoms with van der Waals surface area (Å²) < 4.78 is 0. The molecular weight excluding hydrogens is 386 g/mol. The molecule has 1 fully saturated rings. The lowest BCUT2D eigenvalue weighted by atomic mass is 10.0. The number of piperazine rings is 1. The Kier molecular flexibility index (Phi) is 5.06. The van der Waals surface area contributed by atoms with Gasteiger partial charge < -0.3 is 14.7 Å². The zero-order chi connectivity index (χ0) is 21.4. The Labute approximate surface area is 182 Å². The summed E-state index contributed by atoms with van der Waals surface area (Å²) >= 11 is 0. The minimum atomic E-state index is 0.00581. The number of hydrogen-bond donors (Lipinski definition) is 0. The van der Waals surface area contributed by atoms with E-state index >= 15 is 0 Å². The van der Waals surface area contributed by atoms with Crippen LogP contribution >= 0.6 is 0 Å². The van der Waals surface area contributed by atoms with Crippen molar-refractivity contribution in [1.29, 1.82) is 0 Å². The van der Waals surface area contributed by atoms with E-state index in [2.05, 4.69) is 58.8 Å². The Hall–Kier alpha value is -3.41. The van der Waals surface area contributed by atoms with E-state index in [0.29, 0.717) is 13.1 Å². The van der Waals surface area contributed by atoms with Crippen molar-refractivity contribution in [3.8, 4) is 0 Å². The molecule has 0 radical (unpaired) electrons. The second kappa shape index (κ2) is 8.02. The van der Waals surface area contributed by atoms with E-state index in [4.69, 9.17) is 9.97 Å². The van der Waals surface area contributed by atoms with Crippen LogP contribution in [0.5, 0.6) is 0 Å². The number of fused-ring (bicyclic) bond motifs is 2. The number of aryl methyl sites for hydroxylation is 1. The normalized spacial score (nSPS) is 16.4. The van der Waals surface area contributed by atoms with Gasteiger partial charge in [0.1, 0.15) is 11.6 Å². The monoisotopic (exact) mass is 413 g/mol. The molecule has 5 rings (SSSR count). The van der Waals surface area contributed by atoms with Crippen LogP contribution in [0.3, 0.4) is 0 Å². The van der Waals surface area contributed by atoms with E-state index in [1.54, 1.807) is 0 Å². The first kappa shape index (κ1) is 19.5. The van der Waals surface area contributed by atoms with Gasteiger partial charge in [0.2, 0.25) is 5.91 Å². The molecule has 2 aromatic carbocycles. The van der Waals surface area contributed by atoms with E-state index in [1.807, 2.05) is 11.8 Å². The second-order valence-corrected chi connectivity index (χ2v) is 8.21. The number of amides is 1. The Morgan fingerprint density at radius 1 is 0.968 bits per heavy atom. The van der Waals surface area contributed by atoms with Crippen LogP contribution < -0.4 is 9.80 Å². The van der Waals surface area contributed by atoms with Crippen LogP contribution in [0.25, 0.3) is 10.8 Å². The Bertz CT molecular complexity index is 1140. The van der Waals surface area contributed by atoms with Crippen LogP contribution in [0.2, 0.25) is 0 Å². The van der Waals surface area contributed by atoms with E-state index in [-0.39, 0.29) is 5.91 Å². The summed E-state index contributed by atoms with van der Waals surface area (Å²) in [6.07, 6.45) is 2.31. The zero-order valence-corrected chi connectivity index (χ0v) is 17.9. The first-order valence-electron chi connectivity index (χ1n) is 10.9. The molecule has 0 saturated carbocycles. The van der Waals surface area contributed by atoms with E-state index < -0.39 is 0 Å². The van der Waals surface area contributed by atoms with Gasteiger partial charge in [-0.15, -0.1) is 0 Å². The SMILES string of the molecule is C=CC(=O)N1CCN(c2nc(C)nc3c2CCN(c2cccc4ccccc24)C3)CC1. The second-order valence-electron chi connectivity index (χ2n) is 8.21. The zero-order valence-electron chi connectivity index (χ0n) is 17.9. The molecule has 0 N–H and O–H groups in total. The van der Waals surface area contributed by atoms with Crippen LogP contribution in [0.4, 0.5) is 11.5 Å². The lowest BCUT2D eigenvalue weighted by Gasteiger charge is -2.38. The molecule has 0 aliphatic carbocycles. The summed E-state index contributed by atoms with van der Waals surface area (Å²) in [5.41, 5.74) is 3.63. The molecule has 0 spiro atoms. The summed E-state index contributed by atoms with van der Waals surface area (Å²) in [6.45, 7) is 10.3. The highest BCUT2D eigenvalue weighted by atomic mass is 16.2. The van der Waals surface area contributed by atoms with Crippen molar-refractivity contribution < 1.29 is 4.79 Å². The average molecular weight is 414 g/mol. The summed E-state index contributed by atoms with van der Waals surface area (Å²) in [7, 11) is 0. The molecule has 1 aromatic heterocycles. The first-order chi connectivity index (χ1) is 15.1. The van der Waals surface area contributed by atoms with Crippen molar-refractivity contribution in [3.05, 3.63) is 72.2 Å². The molecule has 6 nitrogen and oxygen atoms in total. The fourth-order valence-electron chi connectivity index (χ4n) is 4.75. The highest BCUT2D eigenvalue weighted by Crippen LogP contribution is 2.33. The van der Waals surface area contributed by atoms with E-state index in [0.717, 1.165) is 49.9 Å². The molecule has 2 aliphatic rings. The smallest absolute Gasteiger partial charge is 0.246 e. The molecule has 6 heteroatoms. The third-order valence-electron chi connectivity index (χ3n) is 6.33. The van der Waals surface area contributed by atoms with Crippen LogP contribution in [-0.4, -0.2) is 53.5 Å². The van der Waals surface area contributed by atoms with Gasteiger partial charge in [0, 0.05) is 49.4 Å². The molecule has 31 heavy (non-hydrogen) atoms. The minimum Gasteiger partial charge on any atom is -0.365 e. The number of hydrogen-bond acceptors (Lipinski definition) is 5. The van der Waals surface area contributed by atoms with Crippen LogP contribution in [0, 0.1) is 6.92 Å². The Morgan fingerprint density at radius 2 is 1.74 bits per heavy atom. The van der Waals surface area contributed by atoms with Gasteiger partial charge in [-0.25, -0.2) is 9.97 Å². The number of rotatable bonds is 3. The molecule has 0 atom stereocenters. The highest BCUT2D eigenvalue weighted by Gasteiger charge is 2.27. The fraction of sp³-hybridized carbons (Fsp3) is 0.320. The third-order valence-corrected chi connectivity index (χ3v) is 6.33. The first-order valence-corrected chi connectivity index (χ1v) is 10.9. The number of benzene rings is 2. The molecule has 158 valence electrons. The van der Waals surface area contributed by atoms with Crippen molar-refractivity contribution in [2.45, 2.75) is 19.9 Å². The van der Waals surface area contributed by atoms with Crippen LogP contribution in [0.1, 0.15) is 17.1 Å². The molecule has 3 heterocycles. The summed E-state index contributed by atoms with van der Waals surface area (Å²) in [5.74, 6) is 1.86. The molecule has 0 bridgehead atoms. The van der Waals surface area contributed by atoms with Crippen molar-refractivity contribution in [2.24, 2.45) is 0 Å². The maximum Gasteiger partial charge on any atom is 0.246 e. The summed E-state index contributed by atoms with van der Waals surface area (Å²) in [5, 5.41) is 2.54. The maximum absolute atomic E-state index is 11.9. The van der Waals surface area contributed by atoms with Gasteiger partial charge >= 0.3 is 0 Å². The highest BCUT2D eigenvalue weighted by molar-refractivity contribution is 5.94. The van der Waals surface area contributed by atoms with Crippen LogP contribution in [-0.2, 0) is 17.8 Å². The predicted molar refractivity (Wildman–Crippen MR) is 124 cm³/mol. The van der Waals surface area contributed by atoms with Gasteiger partial charge in [-0.05, 0) is 30.9 Å². The molecule has 2 aliphatic heterocycles. The fourth-order valence-corrected chi connectivity index (χ4v) is 4.75. The lowest BCUT2D eigenvalue weighted by Crippen LogP contribution is -2.49. The van der Waals surface area contributed by atoms with Crippen molar-refractivity contribution in [1.82, 2.24) is 14.9 Å². The van der Waals surface area contributed by atoms with Crippen molar-refractivity contribution in [3.63, 3.8) is 0 Å². The van der Waals surface area contributed by atoms with Gasteiger partial charge in [-0.3, -0.25) is 4.79 Å². The molecule has 1 amide bonds. The number of nitrogens with zero attached hydrogens (tertiary/aromatic N) is 5.